The van der Waals surface area contributed by atoms with Crippen LogP contribution in [0.1, 0.15) is 21.6 Å². The van der Waals surface area contributed by atoms with E-state index >= 15 is 0 Å². The van der Waals surface area contributed by atoms with Crippen molar-refractivity contribution in [1.82, 2.24) is 4.98 Å². The number of carbonyl (C=O) groups excluding carboxylic acids is 2. The van der Waals surface area contributed by atoms with Crippen molar-refractivity contribution in [3.63, 3.8) is 0 Å². The molecular weight excluding hydrogens is 367 g/mol. The number of rotatable bonds is 5. The van der Waals surface area contributed by atoms with Crippen LogP contribution in [0.15, 0.2) is 47.8 Å². The van der Waals surface area contributed by atoms with E-state index in [1.165, 1.54) is 23.5 Å². The minimum atomic E-state index is -0.685. The summed E-state index contributed by atoms with van der Waals surface area (Å²) < 4.78 is 18.0. The number of nitrogens with one attached hydrogen (secondary N) is 1. The Bertz CT molecular complexity index is 963. The first kappa shape index (κ1) is 18.7. The average molecular weight is 384 g/mol. The molecule has 0 aliphatic carbocycles. The normalized spacial score (nSPS) is 10.5. The highest BCUT2D eigenvalue weighted by Gasteiger charge is 2.15. The van der Waals surface area contributed by atoms with Crippen molar-refractivity contribution in [3.05, 3.63) is 70.5 Å². The summed E-state index contributed by atoms with van der Waals surface area (Å²) in [7, 11) is 0. The van der Waals surface area contributed by atoms with Gasteiger partial charge in [-0.25, -0.2) is 14.2 Å². The zero-order valence-electron chi connectivity index (χ0n) is 14.8. The minimum Gasteiger partial charge on any atom is -0.451 e. The van der Waals surface area contributed by atoms with E-state index in [1.54, 1.807) is 17.5 Å². The number of ether oxygens (including phenoxy) is 1. The van der Waals surface area contributed by atoms with Gasteiger partial charge in [0.25, 0.3) is 5.91 Å². The van der Waals surface area contributed by atoms with E-state index in [0.717, 1.165) is 11.1 Å². The Morgan fingerprint density at radius 3 is 2.44 bits per heavy atom. The molecule has 5 nitrogen and oxygen atoms in total. The molecule has 2 aromatic carbocycles. The maximum atomic E-state index is 13.0. The minimum absolute atomic E-state index is 0.110. The number of carbonyl (C=O) groups is 2. The van der Waals surface area contributed by atoms with E-state index in [-0.39, 0.29) is 11.5 Å². The maximum Gasteiger partial charge on any atom is 0.358 e. The van der Waals surface area contributed by atoms with Crippen LogP contribution in [0.3, 0.4) is 0 Å². The Labute approximate surface area is 159 Å². The van der Waals surface area contributed by atoms with E-state index < -0.39 is 18.5 Å². The Morgan fingerprint density at radius 2 is 1.78 bits per heavy atom. The van der Waals surface area contributed by atoms with Gasteiger partial charge in [0.15, 0.2) is 12.3 Å². The number of thiazole rings is 1. The van der Waals surface area contributed by atoms with Crippen LogP contribution in [0.5, 0.6) is 0 Å². The number of aromatic nitrogens is 1. The number of aryl methyl sites for hydroxylation is 2. The third kappa shape index (κ3) is 4.98. The van der Waals surface area contributed by atoms with E-state index in [0.29, 0.717) is 16.3 Å². The van der Waals surface area contributed by atoms with Gasteiger partial charge in [0, 0.05) is 16.6 Å². The standard InChI is InChI=1S/C20H17FN2O3S/c1-12-7-13(2)9-16(8-12)22-18(24)10-26-20(25)17-11-27-19(23-17)14-3-5-15(21)6-4-14/h3-9,11H,10H2,1-2H3,(H,22,24). The topological polar surface area (TPSA) is 68.3 Å². The van der Waals surface area contributed by atoms with E-state index in [1.807, 2.05) is 32.0 Å². The zero-order valence-corrected chi connectivity index (χ0v) is 15.6. The van der Waals surface area contributed by atoms with Crippen molar-refractivity contribution >= 4 is 28.9 Å². The molecule has 0 atom stereocenters. The van der Waals surface area contributed by atoms with Gasteiger partial charge in [-0.15, -0.1) is 11.3 Å². The third-order valence-electron chi connectivity index (χ3n) is 3.64. The number of halogens is 1. The SMILES string of the molecule is Cc1cc(C)cc(NC(=O)COC(=O)c2csc(-c3ccc(F)cc3)n2)c1. The summed E-state index contributed by atoms with van der Waals surface area (Å²) in [5.74, 6) is -1.46. The fraction of sp³-hybridized carbons (Fsp3) is 0.150. The van der Waals surface area contributed by atoms with Crippen LogP contribution in [0.2, 0.25) is 0 Å². The van der Waals surface area contributed by atoms with Crippen LogP contribution >= 0.6 is 11.3 Å². The van der Waals surface area contributed by atoms with Gasteiger partial charge in [-0.05, 0) is 61.4 Å². The molecule has 0 fully saturated rings. The van der Waals surface area contributed by atoms with Gasteiger partial charge in [-0.3, -0.25) is 4.79 Å². The van der Waals surface area contributed by atoms with Crippen molar-refractivity contribution in [1.29, 1.82) is 0 Å². The Kier molecular flexibility index (Phi) is 5.61. The van der Waals surface area contributed by atoms with Gasteiger partial charge in [-0.1, -0.05) is 6.07 Å². The van der Waals surface area contributed by atoms with Crippen molar-refractivity contribution in [2.24, 2.45) is 0 Å². The number of esters is 1. The van der Waals surface area contributed by atoms with Gasteiger partial charge in [-0.2, -0.15) is 0 Å². The van der Waals surface area contributed by atoms with Gasteiger partial charge in [0.2, 0.25) is 0 Å². The lowest BCUT2D eigenvalue weighted by molar-refractivity contribution is -0.119. The average Bonchev–Trinajstić information content (AvgIpc) is 3.09. The van der Waals surface area contributed by atoms with Crippen LogP contribution in [-0.4, -0.2) is 23.5 Å². The lowest BCUT2D eigenvalue weighted by Gasteiger charge is -2.07. The monoisotopic (exact) mass is 384 g/mol. The summed E-state index contributed by atoms with van der Waals surface area (Å²) in [4.78, 5) is 28.3. The highest BCUT2D eigenvalue weighted by Crippen LogP contribution is 2.24. The molecule has 0 radical (unpaired) electrons. The molecule has 7 heteroatoms. The van der Waals surface area contributed by atoms with Crippen molar-refractivity contribution in [3.8, 4) is 10.6 Å². The predicted molar refractivity (Wildman–Crippen MR) is 102 cm³/mol. The smallest absolute Gasteiger partial charge is 0.358 e. The summed E-state index contributed by atoms with van der Waals surface area (Å²) in [5.41, 5.74) is 3.52. The molecular formula is C20H17FN2O3S. The summed E-state index contributed by atoms with van der Waals surface area (Å²) in [6.07, 6.45) is 0. The van der Waals surface area contributed by atoms with E-state index in [9.17, 15) is 14.0 Å². The van der Waals surface area contributed by atoms with E-state index in [4.69, 9.17) is 4.74 Å². The van der Waals surface area contributed by atoms with Crippen LogP contribution < -0.4 is 5.32 Å². The van der Waals surface area contributed by atoms with Gasteiger partial charge in [0.05, 0.1) is 0 Å². The third-order valence-corrected chi connectivity index (χ3v) is 4.54. The van der Waals surface area contributed by atoms with E-state index in [2.05, 4.69) is 10.3 Å². The molecule has 1 aromatic heterocycles. The molecule has 0 unspecified atom stereocenters. The first-order valence-electron chi connectivity index (χ1n) is 8.17. The van der Waals surface area contributed by atoms with Crippen molar-refractivity contribution in [2.75, 3.05) is 11.9 Å². The van der Waals surface area contributed by atoms with Crippen molar-refractivity contribution < 1.29 is 18.7 Å². The second kappa shape index (κ2) is 8.09. The zero-order chi connectivity index (χ0) is 19.4. The lowest BCUT2D eigenvalue weighted by Crippen LogP contribution is -2.21. The maximum absolute atomic E-state index is 13.0. The van der Waals surface area contributed by atoms with Crippen molar-refractivity contribution in [2.45, 2.75) is 13.8 Å². The Balaban J connectivity index is 1.57. The molecule has 1 heterocycles. The highest BCUT2D eigenvalue weighted by molar-refractivity contribution is 7.13. The number of amides is 1. The molecule has 1 amide bonds. The van der Waals surface area contributed by atoms with Crippen LogP contribution in [0.25, 0.3) is 10.6 Å². The fourth-order valence-corrected chi connectivity index (χ4v) is 3.34. The first-order chi connectivity index (χ1) is 12.9. The molecule has 0 bridgehead atoms. The number of hydrogen-bond donors (Lipinski definition) is 1. The molecule has 0 aliphatic heterocycles. The second-order valence-electron chi connectivity index (χ2n) is 6.05. The molecule has 0 saturated heterocycles. The largest absolute Gasteiger partial charge is 0.451 e. The molecule has 0 saturated carbocycles. The van der Waals surface area contributed by atoms with Crippen LogP contribution in [-0.2, 0) is 9.53 Å². The molecule has 3 aromatic rings. The second-order valence-corrected chi connectivity index (χ2v) is 6.90. The Morgan fingerprint density at radius 1 is 1.11 bits per heavy atom. The molecule has 0 spiro atoms. The van der Waals surface area contributed by atoms with Gasteiger partial charge < -0.3 is 10.1 Å². The molecule has 27 heavy (non-hydrogen) atoms. The molecule has 1 N–H and O–H groups in total. The predicted octanol–water partition coefficient (Wildman–Crippen LogP) is 4.36. The molecule has 3 rings (SSSR count). The molecule has 138 valence electrons. The number of nitrogens with zero attached hydrogens (tertiary/aromatic N) is 1. The Hall–Kier alpha value is -3.06. The number of anilines is 1. The summed E-state index contributed by atoms with van der Waals surface area (Å²) in [6, 6.07) is 11.5. The highest BCUT2D eigenvalue weighted by atomic mass is 32.1. The number of hydrogen-bond acceptors (Lipinski definition) is 5. The summed E-state index contributed by atoms with van der Waals surface area (Å²) >= 11 is 1.24. The fourth-order valence-electron chi connectivity index (χ4n) is 2.54. The van der Waals surface area contributed by atoms with Gasteiger partial charge >= 0.3 is 5.97 Å². The van der Waals surface area contributed by atoms with Gasteiger partial charge in [0.1, 0.15) is 10.8 Å². The summed E-state index contributed by atoms with van der Waals surface area (Å²) in [5, 5.41) is 4.81. The van der Waals surface area contributed by atoms with Crippen LogP contribution in [0, 0.1) is 19.7 Å². The lowest BCUT2D eigenvalue weighted by atomic mass is 10.1. The first-order valence-corrected chi connectivity index (χ1v) is 9.05. The molecule has 0 aliphatic rings. The van der Waals surface area contributed by atoms with Crippen LogP contribution in [0.4, 0.5) is 10.1 Å². The quantitative estimate of drug-likeness (QED) is 0.664. The summed E-state index contributed by atoms with van der Waals surface area (Å²) in [6.45, 7) is 3.46. The number of benzene rings is 2.